The Morgan fingerprint density at radius 2 is 0.696 bits per heavy atom. The van der Waals surface area contributed by atoms with Crippen LogP contribution in [0.4, 0.5) is 0 Å². The summed E-state index contributed by atoms with van der Waals surface area (Å²) in [6, 6.07) is 0. The van der Waals surface area contributed by atoms with Gasteiger partial charge in [-0.1, -0.05) is 275 Å². The lowest BCUT2D eigenvalue weighted by Gasteiger charge is -2.48. The molecule has 2 aliphatic heterocycles. The number of phosphoric acid groups is 3. The van der Waals surface area contributed by atoms with Crippen molar-refractivity contribution >= 4 is 29.4 Å². The van der Waals surface area contributed by atoms with Gasteiger partial charge in [-0.2, -0.15) is 0 Å². The van der Waals surface area contributed by atoms with Crippen molar-refractivity contribution in [2.24, 2.45) is 0 Å². The van der Waals surface area contributed by atoms with Crippen LogP contribution in [0.5, 0.6) is 0 Å². The highest BCUT2D eigenvalue weighted by Gasteiger charge is 2.55. The second-order valence-electron chi connectivity index (χ2n) is 29.7. The van der Waals surface area contributed by atoms with Crippen LogP contribution in [0.25, 0.3) is 0 Å². The Balaban J connectivity index is 2.98. The van der Waals surface area contributed by atoms with Crippen molar-refractivity contribution in [2.45, 2.75) is 358 Å². The van der Waals surface area contributed by atoms with Crippen molar-refractivity contribution in [2.75, 3.05) is 113 Å². The third kappa shape index (κ3) is 53.3. The summed E-state index contributed by atoms with van der Waals surface area (Å²) in [5.74, 6) is -0.563. The third-order valence-corrected chi connectivity index (χ3v) is 24.1. The summed E-state index contributed by atoms with van der Waals surface area (Å²) in [5.41, 5.74) is 0. The van der Waals surface area contributed by atoms with Crippen LogP contribution in [0.3, 0.4) is 0 Å². The number of carbonyl (C=O) groups excluding carboxylic acids is 1. The molecule has 0 bridgehead atoms. The number of rotatable bonds is 86. The molecule has 0 unspecified atom stereocenters. The molecule has 2 aliphatic rings. The van der Waals surface area contributed by atoms with Crippen LogP contribution < -0.4 is 0 Å². The standard InChI is InChI=1S/C88H161O24P3/c1-13-23-27-31-34-37-40-41-42-43-44-45-48-52-56-60-80(89)111-86-84(97-70-61-77(94-12)59-55-51-30-26-16-4)82(112-115(92,105-66-21-9)106-67-22-10)78(75-93-11)109-88(86)100-76-79-81(98-71-73-107-113(90,101-62-17-5)102-63-18-6)83(95-68-57-53-49-46-38-35-32-28-24-14-2)85(96-69-58-54-50-47-39-36-33-29-25-15-3)87(110-79)99-72-74-108-114(91,103-64-19-7)104-65-20-8/h17-22,37,40,77-79,81-88H,5-10,13-16,23-36,38-39,41-76H2,1-4,11-12H3/b40-37-/t77-,78+,79+,81+,82+,83-,84-,85+,86+,87-,88+/m0/s1. The zero-order chi connectivity index (χ0) is 83.8. The molecule has 0 aromatic carbocycles. The van der Waals surface area contributed by atoms with Crippen molar-refractivity contribution < 1.29 is 111 Å². The molecule has 2 saturated heterocycles. The van der Waals surface area contributed by atoms with Gasteiger partial charge in [-0.3, -0.25) is 45.5 Å². The molecule has 0 aromatic rings. The van der Waals surface area contributed by atoms with E-state index in [0.29, 0.717) is 32.3 Å². The predicted octanol–water partition coefficient (Wildman–Crippen LogP) is 23.2. The first kappa shape index (κ1) is 109. The molecule has 2 heterocycles. The normalized spacial score (nSPS) is 20.4. The van der Waals surface area contributed by atoms with Crippen molar-refractivity contribution in [3.63, 3.8) is 0 Å². The maximum atomic E-state index is 15.0. The van der Waals surface area contributed by atoms with Gasteiger partial charge in [-0.05, 0) is 57.8 Å². The van der Waals surface area contributed by atoms with Gasteiger partial charge in [0.2, 0.25) is 0 Å². The van der Waals surface area contributed by atoms with Gasteiger partial charge >= 0.3 is 29.4 Å². The van der Waals surface area contributed by atoms with E-state index in [1.807, 2.05) is 0 Å². The topological polar surface area (TPSA) is 253 Å². The van der Waals surface area contributed by atoms with Crippen LogP contribution in [0.2, 0.25) is 0 Å². The van der Waals surface area contributed by atoms with Crippen molar-refractivity contribution in [3.05, 3.63) is 88.1 Å². The maximum absolute atomic E-state index is 15.0. The first-order valence-corrected chi connectivity index (χ1v) is 48.7. The van der Waals surface area contributed by atoms with Crippen molar-refractivity contribution in [1.82, 2.24) is 0 Å². The van der Waals surface area contributed by atoms with Gasteiger partial charge in [-0.15, -0.1) is 39.5 Å². The number of esters is 1. The van der Waals surface area contributed by atoms with E-state index in [2.05, 4.69) is 79.3 Å². The Morgan fingerprint density at radius 3 is 1.14 bits per heavy atom. The molecule has 672 valence electrons. The summed E-state index contributed by atoms with van der Waals surface area (Å²) in [7, 11) is -9.74. The molecular weight excluding hydrogens is 1530 g/mol. The molecule has 2 fully saturated rings. The first-order chi connectivity index (χ1) is 56.2. The van der Waals surface area contributed by atoms with Gasteiger partial charge in [0, 0.05) is 40.5 Å². The molecule has 11 atom stereocenters. The van der Waals surface area contributed by atoms with Gasteiger partial charge in [0.15, 0.2) is 18.7 Å². The van der Waals surface area contributed by atoms with E-state index in [9.17, 15) is 18.5 Å². The van der Waals surface area contributed by atoms with Crippen LogP contribution in [-0.4, -0.2) is 187 Å². The smallest absolute Gasteiger partial charge is 0.454 e. The molecule has 0 saturated carbocycles. The number of hydrogen-bond acceptors (Lipinski definition) is 24. The molecule has 27 heteroatoms. The van der Waals surface area contributed by atoms with Gasteiger partial charge in [0.1, 0.15) is 42.7 Å². The third-order valence-electron chi connectivity index (χ3n) is 19.8. The number of ether oxygens (including phenoxy) is 11. The first-order valence-electron chi connectivity index (χ1n) is 44.3. The van der Waals surface area contributed by atoms with Crippen LogP contribution in [0.1, 0.15) is 291 Å². The lowest BCUT2D eigenvalue weighted by Crippen LogP contribution is -2.64. The van der Waals surface area contributed by atoms with E-state index < -0.39 is 90.8 Å². The zero-order valence-electron chi connectivity index (χ0n) is 72.4. The molecule has 2 rings (SSSR count). The molecular formula is C88H161O24P3. The van der Waals surface area contributed by atoms with Crippen molar-refractivity contribution in [1.29, 1.82) is 0 Å². The highest BCUT2D eigenvalue weighted by Crippen LogP contribution is 2.54. The lowest BCUT2D eigenvalue weighted by molar-refractivity contribution is -0.344. The van der Waals surface area contributed by atoms with Gasteiger partial charge in [0.25, 0.3) is 0 Å². The Kier molecular flexibility index (Phi) is 70.1. The lowest BCUT2D eigenvalue weighted by atomic mass is 9.97. The van der Waals surface area contributed by atoms with E-state index in [-0.39, 0.29) is 105 Å². The molecule has 0 aliphatic carbocycles. The summed E-state index contributed by atoms with van der Waals surface area (Å²) in [6.45, 7) is 29.4. The van der Waals surface area contributed by atoms with Crippen molar-refractivity contribution in [3.8, 4) is 0 Å². The highest BCUT2D eigenvalue weighted by molar-refractivity contribution is 7.49. The fourth-order valence-corrected chi connectivity index (χ4v) is 17.0. The van der Waals surface area contributed by atoms with Gasteiger partial charge in [0.05, 0.1) is 85.4 Å². The number of unbranched alkanes of at least 4 members (excludes halogenated alkanes) is 33. The predicted molar refractivity (Wildman–Crippen MR) is 458 cm³/mol. The van der Waals surface area contributed by atoms with Crippen LogP contribution >= 0.6 is 23.5 Å². The SMILES string of the molecule is C=CCOP(=O)(OCC=C)OCCO[C@H]1O[C@H](CO[C@@H]2O[C@H](COC)[C@@H](OP(=O)(OCC=C)OCC=C)[C@H](OCC[C@H](CCCCCCC)OC)[C@H]2OC(=O)CCCCCCCCC/C=C\CCCCCC)[C@@H](OCCOP(=O)(OCC=C)OCC=C)[C@H](OCCCCCCCCCCCC)[C@H]1OCCCCCCCCCCCC. The molecule has 0 spiro atoms. The number of carbonyl (C=O) groups is 1. The number of phosphoric ester groups is 3. The maximum Gasteiger partial charge on any atom is 0.475 e. The second-order valence-corrected chi connectivity index (χ2v) is 34.6. The Labute approximate surface area is 697 Å². The Hall–Kier alpha value is -2.42. The summed E-state index contributed by atoms with van der Waals surface area (Å²) < 4.78 is 170. The fourth-order valence-electron chi connectivity index (χ4n) is 13.5. The van der Waals surface area contributed by atoms with Gasteiger partial charge in [-0.25, -0.2) is 13.7 Å². The summed E-state index contributed by atoms with van der Waals surface area (Å²) in [5, 5.41) is 0. The van der Waals surface area contributed by atoms with Crippen LogP contribution in [-0.2, 0) is 111 Å². The molecule has 115 heavy (non-hydrogen) atoms. The summed E-state index contributed by atoms with van der Waals surface area (Å²) >= 11 is 0. The second kappa shape index (κ2) is 74.2. The zero-order valence-corrected chi connectivity index (χ0v) is 75.1. The molecule has 0 radical (unpaired) electrons. The average Bonchev–Trinajstić information content (AvgIpc) is 0.789. The largest absolute Gasteiger partial charge is 0.475 e. The van der Waals surface area contributed by atoms with E-state index in [1.165, 1.54) is 133 Å². The minimum absolute atomic E-state index is 0.0463. The quantitative estimate of drug-likeness (QED) is 0.0237. The van der Waals surface area contributed by atoms with E-state index in [0.717, 1.165) is 141 Å². The Bertz CT molecular complexity index is 2500. The summed E-state index contributed by atoms with van der Waals surface area (Å²) in [6.07, 6.45) is 43.3. The molecule has 24 nitrogen and oxygen atoms in total. The fraction of sp³-hybridized carbons (Fsp3) is 0.830. The monoisotopic (exact) mass is 1700 g/mol. The van der Waals surface area contributed by atoms with Crippen LogP contribution in [0, 0.1) is 0 Å². The summed E-state index contributed by atoms with van der Waals surface area (Å²) in [4.78, 5) is 14.8. The molecule has 0 N–H and O–H groups in total. The molecule has 0 aromatic heterocycles. The van der Waals surface area contributed by atoms with E-state index in [4.69, 9.17) is 92.8 Å². The number of methoxy groups -OCH3 is 2. The number of hydrogen-bond donors (Lipinski definition) is 0. The van der Waals surface area contributed by atoms with E-state index >= 15 is 0 Å². The van der Waals surface area contributed by atoms with Crippen LogP contribution in [0.15, 0.2) is 88.1 Å². The number of allylic oxidation sites excluding steroid dienone is 2. The highest BCUT2D eigenvalue weighted by atomic mass is 31.2. The van der Waals surface area contributed by atoms with Gasteiger partial charge < -0.3 is 52.1 Å². The molecule has 0 amide bonds. The minimum Gasteiger partial charge on any atom is -0.454 e. The van der Waals surface area contributed by atoms with E-state index in [1.54, 1.807) is 7.11 Å². The average molecular weight is 1700 g/mol. The minimum atomic E-state index is -4.55. The Morgan fingerprint density at radius 1 is 0.339 bits per heavy atom.